The number of aromatic nitrogens is 1. The third-order valence-electron chi connectivity index (χ3n) is 3.20. The van der Waals surface area contributed by atoms with Gasteiger partial charge in [-0.2, -0.15) is 0 Å². The topological polar surface area (TPSA) is 12.9 Å². The lowest BCUT2D eigenvalue weighted by Gasteiger charge is -2.16. The zero-order valence-electron chi connectivity index (χ0n) is 10.8. The van der Waals surface area contributed by atoms with E-state index in [0.717, 1.165) is 19.3 Å². The van der Waals surface area contributed by atoms with Crippen LogP contribution in [0.5, 0.6) is 0 Å². The highest BCUT2D eigenvalue weighted by Crippen LogP contribution is 2.22. The van der Waals surface area contributed by atoms with E-state index in [2.05, 4.69) is 34.6 Å². The van der Waals surface area contributed by atoms with Gasteiger partial charge in [-0.05, 0) is 49.8 Å². The fourth-order valence-corrected chi connectivity index (χ4v) is 2.31. The Bertz CT molecular complexity index is 340. The summed E-state index contributed by atoms with van der Waals surface area (Å²) in [5.74, 6) is 0. The molecule has 0 radical (unpaired) electrons. The smallest absolute Gasteiger partial charge is 0.0441 e. The molecule has 0 spiro atoms. The van der Waals surface area contributed by atoms with E-state index >= 15 is 0 Å². The maximum Gasteiger partial charge on any atom is 0.0441 e. The SMILES string of the molecule is CCCc1nc(C)c(C)c(CC)c1CC. The van der Waals surface area contributed by atoms with Crippen LogP contribution in [-0.2, 0) is 19.3 Å². The van der Waals surface area contributed by atoms with Crippen LogP contribution in [0.25, 0.3) is 0 Å². The van der Waals surface area contributed by atoms with E-state index in [1.54, 1.807) is 0 Å². The number of rotatable bonds is 4. The molecule has 0 atom stereocenters. The fraction of sp³-hybridized carbons (Fsp3) is 0.643. The average molecular weight is 205 g/mol. The van der Waals surface area contributed by atoms with Crippen LogP contribution in [-0.4, -0.2) is 4.98 Å². The van der Waals surface area contributed by atoms with E-state index in [1.165, 1.54) is 34.5 Å². The van der Waals surface area contributed by atoms with Gasteiger partial charge in [0.25, 0.3) is 0 Å². The molecule has 84 valence electrons. The van der Waals surface area contributed by atoms with Crippen molar-refractivity contribution in [3.05, 3.63) is 28.1 Å². The van der Waals surface area contributed by atoms with Gasteiger partial charge in [-0.3, -0.25) is 4.98 Å². The van der Waals surface area contributed by atoms with Gasteiger partial charge in [0.1, 0.15) is 0 Å². The monoisotopic (exact) mass is 205 g/mol. The summed E-state index contributed by atoms with van der Waals surface area (Å²) in [6.07, 6.45) is 4.56. The molecule has 0 fully saturated rings. The molecule has 0 amide bonds. The van der Waals surface area contributed by atoms with Gasteiger partial charge < -0.3 is 0 Å². The Morgan fingerprint density at radius 2 is 1.53 bits per heavy atom. The van der Waals surface area contributed by atoms with Crippen LogP contribution in [0.15, 0.2) is 0 Å². The summed E-state index contributed by atoms with van der Waals surface area (Å²) in [7, 11) is 0. The third-order valence-corrected chi connectivity index (χ3v) is 3.20. The van der Waals surface area contributed by atoms with Crippen LogP contribution in [0.1, 0.15) is 55.3 Å². The minimum absolute atomic E-state index is 1.12. The minimum atomic E-state index is 1.12. The van der Waals surface area contributed by atoms with Crippen LogP contribution in [0.3, 0.4) is 0 Å². The fourth-order valence-electron chi connectivity index (χ4n) is 2.31. The Hall–Kier alpha value is -0.850. The van der Waals surface area contributed by atoms with Crippen molar-refractivity contribution in [1.82, 2.24) is 4.98 Å². The lowest BCUT2D eigenvalue weighted by atomic mass is 9.94. The second-order valence-electron chi connectivity index (χ2n) is 4.18. The maximum atomic E-state index is 4.74. The van der Waals surface area contributed by atoms with Crippen LogP contribution < -0.4 is 0 Å². The summed E-state index contributed by atoms with van der Waals surface area (Å²) in [5, 5.41) is 0. The molecule has 1 nitrogen and oxygen atoms in total. The van der Waals surface area contributed by atoms with Gasteiger partial charge in [0.15, 0.2) is 0 Å². The highest BCUT2D eigenvalue weighted by atomic mass is 14.7. The molecule has 15 heavy (non-hydrogen) atoms. The Labute approximate surface area is 93.9 Å². The molecule has 0 saturated heterocycles. The average Bonchev–Trinajstić information content (AvgIpc) is 2.23. The van der Waals surface area contributed by atoms with Gasteiger partial charge in [0.2, 0.25) is 0 Å². The largest absolute Gasteiger partial charge is 0.258 e. The molecule has 1 heterocycles. The maximum absolute atomic E-state index is 4.74. The molecule has 0 saturated carbocycles. The first-order valence-corrected chi connectivity index (χ1v) is 6.13. The summed E-state index contributed by atoms with van der Waals surface area (Å²) in [6, 6.07) is 0. The third kappa shape index (κ3) is 2.39. The Morgan fingerprint density at radius 3 is 2.00 bits per heavy atom. The molecule has 0 aromatic carbocycles. The second-order valence-corrected chi connectivity index (χ2v) is 4.18. The standard InChI is InChI=1S/C14H23N/c1-6-9-14-13(8-3)12(7-2)10(4)11(5)15-14/h6-9H2,1-5H3. The van der Waals surface area contributed by atoms with E-state index in [0.29, 0.717) is 0 Å². The Morgan fingerprint density at radius 1 is 0.933 bits per heavy atom. The van der Waals surface area contributed by atoms with Crippen molar-refractivity contribution in [2.45, 2.75) is 60.3 Å². The van der Waals surface area contributed by atoms with Gasteiger partial charge in [-0.15, -0.1) is 0 Å². The predicted octanol–water partition coefficient (Wildman–Crippen LogP) is 3.78. The Kier molecular flexibility index (Phi) is 4.31. The molecular formula is C14H23N. The van der Waals surface area contributed by atoms with Crippen molar-refractivity contribution in [2.75, 3.05) is 0 Å². The van der Waals surface area contributed by atoms with E-state index in [9.17, 15) is 0 Å². The van der Waals surface area contributed by atoms with Crippen LogP contribution >= 0.6 is 0 Å². The normalized spacial score (nSPS) is 10.7. The first kappa shape index (κ1) is 12.2. The van der Waals surface area contributed by atoms with Crippen molar-refractivity contribution in [2.24, 2.45) is 0 Å². The number of hydrogen-bond acceptors (Lipinski definition) is 1. The molecular weight excluding hydrogens is 182 g/mol. The number of aryl methyl sites for hydroxylation is 2. The van der Waals surface area contributed by atoms with Crippen molar-refractivity contribution in [3.8, 4) is 0 Å². The van der Waals surface area contributed by atoms with E-state index in [1.807, 2.05) is 0 Å². The van der Waals surface area contributed by atoms with Gasteiger partial charge in [-0.25, -0.2) is 0 Å². The van der Waals surface area contributed by atoms with Gasteiger partial charge in [0, 0.05) is 11.4 Å². The molecule has 0 bridgehead atoms. The van der Waals surface area contributed by atoms with Crippen molar-refractivity contribution >= 4 is 0 Å². The minimum Gasteiger partial charge on any atom is -0.258 e. The molecule has 0 aliphatic rings. The van der Waals surface area contributed by atoms with Crippen LogP contribution in [0.2, 0.25) is 0 Å². The lowest BCUT2D eigenvalue weighted by Crippen LogP contribution is -2.07. The summed E-state index contributed by atoms with van der Waals surface area (Å²) < 4.78 is 0. The van der Waals surface area contributed by atoms with Crippen molar-refractivity contribution < 1.29 is 0 Å². The second kappa shape index (κ2) is 5.29. The van der Waals surface area contributed by atoms with Gasteiger partial charge >= 0.3 is 0 Å². The first-order chi connectivity index (χ1) is 7.15. The van der Waals surface area contributed by atoms with E-state index in [4.69, 9.17) is 4.98 Å². The van der Waals surface area contributed by atoms with Crippen molar-refractivity contribution in [1.29, 1.82) is 0 Å². The first-order valence-electron chi connectivity index (χ1n) is 6.13. The highest BCUT2D eigenvalue weighted by molar-refractivity contribution is 5.39. The van der Waals surface area contributed by atoms with Gasteiger partial charge in [-0.1, -0.05) is 27.2 Å². The summed E-state index contributed by atoms with van der Waals surface area (Å²) in [5.41, 5.74) is 6.98. The quantitative estimate of drug-likeness (QED) is 0.729. The summed E-state index contributed by atoms with van der Waals surface area (Å²) in [6.45, 7) is 11.0. The molecule has 1 heteroatoms. The molecule has 1 rings (SSSR count). The lowest BCUT2D eigenvalue weighted by molar-refractivity contribution is 0.828. The number of pyridine rings is 1. The Balaban J connectivity index is 3.33. The van der Waals surface area contributed by atoms with E-state index < -0.39 is 0 Å². The number of hydrogen-bond donors (Lipinski definition) is 0. The summed E-state index contributed by atoms with van der Waals surface area (Å²) in [4.78, 5) is 4.74. The van der Waals surface area contributed by atoms with Crippen LogP contribution in [0.4, 0.5) is 0 Å². The number of nitrogens with zero attached hydrogens (tertiary/aromatic N) is 1. The molecule has 1 aromatic heterocycles. The zero-order valence-corrected chi connectivity index (χ0v) is 10.8. The molecule has 0 aliphatic heterocycles. The highest BCUT2D eigenvalue weighted by Gasteiger charge is 2.11. The van der Waals surface area contributed by atoms with Crippen LogP contribution in [0, 0.1) is 13.8 Å². The van der Waals surface area contributed by atoms with Gasteiger partial charge in [0.05, 0.1) is 0 Å². The molecule has 0 unspecified atom stereocenters. The predicted molar refractivity (Wildman–Crippen MR) is 66.5 cm³/mol. The van der Waals surface area contributed by atoms with E-state index in [-0.39, 0.29) is 0 Å². The molecule has 1 aromatic rings. The zero-order chi connectivity index (χ0) is 11.4. The molecule has 0 N–H and O–H groups in total. The van der Waals surface area contributed by atoms with Crippen molar-refractivity contribution in [3.63, 3.8) is 0 Å². The molecule has 0 aliphatic carbocycles. The summed E-state index contributed by atoms with van der Waals surface area (Å²) >= 11 is 0.